The average Bonchev–Trinajstić information content (AvgIpc) is 2.78. The van der Waals surface area contributed by atoms with Gasteiger partial charge in [0.05, 0.1) is 30.9 Å². The molecule has 184 valence electrons. The number of nitro groups is 2. The van der Waals surface area contributed by atoms with Crippen molar-refractivity contribution in [1.29, 1.82) is 0 Å². The van der Waals surface area contributed by atoms with Gasteiger partial charge in [0.1, 0.15) is 0 Å². The molecule has 0 atom stereocenters. The molecule has 0 aliphatic carbocycles. The highest BCUT2D eigenvalue weighted by molar-refractivity contribution is 8.10. The summed E-state index contributed by atoms with van der Waals surface area (Å²) in [6, 6.07) is 8.43. The van der Waals surface area contributed by atoms with Crippen LogP contribution in [0.4, 0.5) is 30.2 Å². The Labute approximate surface area is 195 Å². The van der Waals surface area contributed by atoms with Gasteiger partial charge in [-0.15, -0.1) is 0 Å². The molecule has 3 aromatic carbocycles. The highest BCUT2D eigenvalue weighted by Crippen LogP contribution is 2.35. The molecule has 0 radical (unpaired) electrons. The van der Waals surface area contributed by atoms with Gasteiger partial charge in [0.25, 0.3) is 31.4 Å². The molecule has 0 bridgehead atoms. The molecule has 35 heavy (non-hydrogen) atoms. The van der Waals surface area contributed by atoms with Crippen LogP contribution in [0.15, 0.2) is 82.6 Å². The second kappa shape index (κ2) is 8.95. The smallest absolute Gasteiger partial charge is 0.258 e. The third kappa shape index (κ3) is 5.07. The molecule has 0 fully saturated rings. The summed E-state index contributed by atoms with van der Waals surface area (Å²) >= 11 is 0. The number of rotatable bonds is 7. The van der Waals surface area contributed by atoms with Crippen LogP contribution in [0, 0.1) is 20.2 Å². The molecule has 3 rings (SSSR count). The van der Waals surface area contributed by atoms with E-state index in [-0.39, 0.29) is 3.71 Å². The Morgan fingerprint density at radius 3 is 1.26 bits per heavy atom. The summed E-state index contributed by atoms with van der Waals surface area (Å²) < 4.78 is 92.1. The van der Waals surface area contributed by atoms with Crippen molar-refractivity contribution in [3.63, 3.8) is 0 Å². The van der Waals surface area contributed by atoms with E-state index in [1.165, 1.54) is 0 Å². The number of hydrogen-bond acceptors (Lipinski definition) is 8. The number of non-ortho nitro benzene ring substituents is 2. The van der Waals surface area contributed by atoms with Crippen molar-refractivity contribution in [2.45, 2.75) is 16.0 Å². The van der Waals surface area contributed by atoms with Gasteiger partial charge in [-0.2, -0.15) is 16.9 Å². The second-order valence-corrected chi connectivity index (χ2v) is 10.6. The normalized spacial score (nSPS) is 12.2. The number of anilines is 1. The van der Waals surface area contributed by atoms with Crippen molar-refractivity contribution >= 4 is 37.1 Å². The summed E-state index contributed by atoms with van der Waals surface area (Å²) in [5.74, 6) is 0. The summed E-state index contributed by atoms with van der Waals surface area (Å²) in [5, 5.41) is 21.7. The fourth-order valence-electron chi connectivity index (χ4n) is 2.85. The number of alkyl halides is 3. The van der Waals surface area contributed by atoms with Crippen LogP contribution in [-0.2, 0) is 26.2 Å². The molecule has 3 aromatic rings. The zero-order valence-corrected chi connectivity index (χ0v) is 18.6. The van der Waals surface area contributed by atoms with E-state index in [0.29, 0.717) is 24.3 Å². The minimum Gasteiger partial charge on any atom is -0.258 e. The molecule has 0 aliphatic rings. The van der Waals surface area contributed by atoms with Crippen LogP contribution < -0.4 is 3.71 Å². The Morgan fingerprint density at radius 2 is 0.971 bits per heavy atom. The van der Waals surface area contributed by atoms with E-state index in [1.54, 1.807) is 0 Å². The molecule has 0 aromatic heterocycles. The molecule has 0 amide bonds. The zero-order chi connectivity index (χ0) is 26.2. The monoisotopic (exact) mass is 531 g/mol. The maximum absolute atomic E-state index is 13.3. The van der Waals surface area contributed by atoms with Crippen LogP contribution in [0.2, 0.25) is 0 Å². The van der Waals surface area contributed by atoms with E-state index >= 15 is 0 Å². The van der Waals surface area contributed by atoms with Crippen molar-refractivity contribution in [3.05, 3.63) is 98.6 Å². The summed E-state index contributed by atoms with van der Waals surface area (Å²) in [6.45, 7) is 0. The van der Waals surface area contributed by atoms with Crippen LogP contribution in [-0.4, -0.2) is 26.7 Å². The van der Waals surface area contributed by atoms with Crippen LogP contribution in [0.3, 0.4) is 0 Å². The number of nitrogens with zero attached hydrogens (tertiary/aromatic N) is 3. The third-order valence-electron chi connectivity index (χ3n) is 4.53. The van der Waals surface area contributed by atoms with E-state index in [1.807, 2.05) is 0 Å². The fraction of sp³-hybridized carbons (Fsp3) is 0.0526. The highest BCUT2D eigenvalue weighted by Gasteiger charge is 2.38. The number of nitro benzene ring substituents is 2. The van der Waals surface area contributed by atoms with E-state index in [4.69, 9.17) is 0 Å². The second-order valence-electron chi connectivity index (χ2n) is 6.75. The third-order valence-corrected chi connectivity index (χ3v) is 8.74. The lowest BCUT2D eigenvalue weighted by molar-refractivity contribution is -0.385. The molecular weight excluding hydrogens is 519 g/mol. The molecule has 0 heterocycles. The minimum atomic E-state index is -5.07. The first-order chi connectivity index (χ1) is 16.2. The van der Waals surface area contributed by atoms with Gasteiger partial charge in [0.15, 0.2) is 0 Å². The van der Waals surface area contributed by atoms with Crippen molar-refractivity contribution < 1.29 is 39.9 Å². The highest BCUT2D eigenvalue weighted by atomic mass is 32.3. The minimum absolute atomic E-state index is 0.150. The van der Waals surface area contributed by atoms with Gasteiger partial charge in [0, 0.05) is 24.3 Å². The summed E-state index contributed by atoms with van der Waals surface area (Å²) in [4.78, 5) is 18.6. The number of hydrogen-bond donors (Lipinski definition) is 0. The zero-order valence-electron chi connectivity index (χ0n) is 17.0. The predicted molar refractivity (Wildman–Crippen MR) is 114 cm³/mol. The molecule has 0 spiro atoms. The molecule has 0 saturated carbocycles. The fourth-order valence-corrected chi connectivity index (χ4v) is 6.54. The molecule has 0 aliphatic heterocycles. The molecule has 0 saturated heterocycles. The van der Waals surface area contributed by atoms with Crippen molar-refractivity contribution in [2.24, 2.45) is 0 Å². The van der Waals surface area contributed by atoms with Crippen molar-refractivity contribution in [3.8, 4) is 0 Å². The number of benzene rings is 3. The van der Waals surface area contributed by atoms with Gasteiger partial charge in [-0.05, 0) is 48.5 Å². The largest absolute Gasteiger partial charge is 0.416 e. The topological polar surface area (TPSA) is 158 Å². The Hall–Kier alpha value is -4.05. The van der Waals surface area contributed by atoms with Crippen molar-refractivity contribution in [2.75, 3.05) is 3.71 Å². The first-order valence-electron chi connectivity index (χ1n) is 9.12. The first kappa shape index (κ1) is 25.6. The summed E-state index contributed by atoms with van der Waals surface area (Å²) in [6.07, 6.45) is -4.79. The van der Waals surface area contributed by atoms with Gasteiger partial charge in [-0.1, -0.05) is 0 Å². The lowest BCUT2D eigenvalue weighted by Crippen LogP contribution is -2.37. The molecular formula is C19H12F3N3O8S2. The van der Waals surface area contributed by atoms with Crippen LogP contribution in [0.1, 0.15) is 5.56 Å². The maximum atomic E-state index is 13.3. The van der Waals surface area contributed by atoms with Gasteiger partial charge < -0.3 is 0 Å². The Balaban J connectivity index is 2.22. The Morgan fingerprint density at radius 1 is 0.629 bits per heavy atom. The van der Waals surface area contributed by atoms with Crippen LogP contribution in [0.5, 0.6) is 0 Å². The molecule has 0 unspecified atom stereocenters. The van der Waals surface area contributed by atoms with Crippen LogP contribution >= 0.6 is 0 Å². The SMILES string of the molecule is O=[N+]([O-])c1ccc(S(=O)(=O)N(c2ccc(C(F)(F)F)cc2)S(=O)(=O)c2ccc([N+](=O)[O-])cc2)cc1. The van der Waals surface area contributed by atoms with Gasteiger partial charge >= 0.3 is 6.18 Å². The quantitative estimate of drug-likeness (QED) is 0.325. The van der Waals surface area contributed by atoms with E-state index in [9.17, 15) is 50.2 Å². The molecule has 16 heteroatoms. The number of sulfonamides is 2. The van der Waals surface area contributed by atoms with Gasteiger partial charge in [-0.3, -0.25) is 20.2 Å². The van der Waals surface area contributed by atoms with E-state index in [2.05, 4.69) is 0 Å². The standard InChI is InChI=1S/C19H12F3N3O8S2/c20-19(21,22)13-1-3-16(4-2-13)25(34(30,31)17-9-5-14(6-10-17)23(26)27)35(32,33)18-11-7-15(8-12-18)24(28)29/h1-12H. The summed E-state index contributed by atoms with van der Waals surface area (Å²) in [5.41, 5.74) is -2.87. The molecule has 0 N–H and O–H groups in total. The van der Waals surface area contributed by atoms with Gasteiger partial charge in [0.2, 0.25) is 0 Å². The first-order valence-corrected chi connectivity index (χ1v) is 12.0. The van der Waals surface area contributed by atoms with E-state index < -0.39 is 68.5 Å². The van der Waals surface area contributed by atoms with Crippen molar-refractivity contribution in [1.82, 2.24) is 0 Å². The average molecular weight is 531 g/mol. The lowest BCUT2D eigenvalue weighted by Gasteiger charge is -2.24. The Bertz CT molecular complexity index is 1400. The lowest BCUT2D eigenvalue weighted by atomic mass is 10.2. The van der Waals surface area contributed by atoms with Crippen LogP contribution in [0.25, 0.3) is 0 Å². The Kier molecular flexibility index (Phi) is 6.54. The van der Waals surface area contributed by atoms with Gasteiger partial charge in [-0.25, -0.2) is 16.8 Å². The summed E-state index contributed by atoms with van der Waals surface area (Å²) in [7, 11) is -10.1. The number of halogens is 3. The maximum Gasteiger partial charge on any atom is 0.416 e. The predicted octanol–water partition coefficient (Wildman–Crippen LogP) is 4.11. The van der Waals surface area contributed by atoms with E-state index in [0.717, 1.165) is 48.5 Å². The molecule has 11 nitrogen and oxygen atoms in total.